The van der Waals surface area contributed by atoms with Crippen LogP contribution in [0.25, 0.3) is 0 Å². The third kappa shape index (κ3) is 9.30. The van der Waals surface area contributed by atoms with Gasteiger partial charge in [0.15, 0.2) is 0 Å². The Morgan fingerprint density at radius 1 is 0.943 bits per heavy atom. The number of ether oxygens (including phenoxy) is 1. The van der Waals surface area contributed by atoms with Crippen LogP contribution in [0.4, 0.5) is 0 Å². The third-order valence-electron chi connectivity index (χ3n) is 8.16. The molecule has 5 N–H and O–H groups in total. The van der Waals surface area contributed by atoms with Gasteiger partial charge in [0.1, 0.15) is 0 Å². The first kappa shape index (κ1) is 28.4. The number of carbonyl (C=O) groups excluding carboxylic acids is 2. The number of amides is 2. The van der Waals surface area contributed by atoms with Gasteiger partial charge in [-0.15, -0.1) is 0 Å². The van der Waals surface area contributed by atoms with Gasteiger partial charge in [-0.05, 0) is 77.7 Å². The van der Waals surface area contributed by atoms with Gasteiger partial charge in [0.05, 0.1) is 6.10 Å². The molecule has 5 unspecified atom stereocenters. The minimum atomic E-state index is 0.118. The summed E-state index contributed by atoms with van der Waals surface area (Å²) in [4.78, 5) is 24.0. The number of hydrogen-bond donors (Lipinski definition) is 5. The molecule has 0 radical (unpaired) electrons. The Kier molecular flexibility index (Phi) is 11.3. The maximum atomic E-state index is 12.5. The Morgan fingerprint density at radius 3 is 2.43 bits per heavy atom. The van der Waals surface area contributed by atoms with Gasteiger partial charge >= 0.3 is 0 Å². The fraction of sp³-hybridized carbons (Fsp3) is 0.926. The summed E-state index contributed by atoms with van der Waals surface area (Å²) in [5.41, 5.74) is 0. The Labute approximate surface area is 212 Å². The first-order valence-corrected chi connectivity index (χ1v) is 14.1. The summed E-state index contributed by atoms with van der Waals surface area (Å²) in [6.45, 7) is 10.6. The maximum Gasteiger partial charge on any atom is 0.223 e. The van der Waals surface area contributed by atoms with E-state index in [-0.39, 0.29) is 23.8 Å². The van der Waals surface area contributed by atoms with E-state index in [9.17, 15) is 9.59 Å². The van der Waals surface area contributed by atoms with Gasteiger partial charge in [-0.25, -0.2) is 0 Å². The second kappa shape index (κ2) is 13.9. The quantitative estimate of drug-likeness (QED) is 0.254. The van der Waals surface area contributed by atoms with Crippen LogP contribution in [0.1, 0.15) is 85.5 Å². The van der Waals surface area contributed by atoms with Crippen LogP contribution in [-0.4, -0.2) is 74.4 Å². The van der Waals surface area contributed by atoms with Crippen molar-refractivity contribution in [2.24, 2.45) is 11.8 Å². The highest BCUT2D eigenvalue weighted by molar-refractivity contribution is 5.81. The fourth-order valence-corrected chi connectivity index (χ4v) is 6.32. The van der Waals surface area contributed by atoms with Crippen molar-refractivity contribution in [3.63, 3.8) is 0 Å². The standard InChI is InChI=1S/C27H51N5O3/c1-17(2)28-11-10-23-15-21(27(34)32-23)13-19(4)30-22-6-8-25(35-5)20(14-22)12-18(3)29-16-24-7-9-26(33)31-24/h17-25,28-30H,6-16H2,1-5H3,(H,31,33)(H,32,34)/t18?,19?,20?,21?,22-,23?,24+,25-/m0/s1. The fourth-order valence-electron chi connectivity index (χ4n) is 6.32. The van der Waals surface area contributed by atoms with Crippen LogP contribution >= 0.6 is 0 Å². The highest BCUT2D eigenvalue weighted by Gasteiger charge is 2.35. The van der Waals surface area contributed by atoms with Crippen molar-refractivity contribution < 1.29 is 14.3 Å². The molecule has 2 heterocycles. The molecule has 1 aliphatic carbocycles. The first-order chi connectivity index (χ1) is 16.7. The highest BCUT2D eigenvalue weighted by Crippen LogP contribution is 2.31. The Bertz CT molecular complexity index is 675. The molecule has 0 aromatic rings. The molecule has 0 aromatic heterocycles. The summed E-state index contributed by atoms with van der Waals surface area (Å²) in [6, 6.07) is 2.24. The molecule has 8 nitrogen and oxygen atoms in total. The summed E-state index contributed by atoms with van der Waals surface area (Å²) < 4.78 is 5.86. The summed E-state index contributed by atoms with van der Waals surface area (Å²) in [6.07, 6.45) is 9.12. The topological polar surface area (TPSA) is 104 Å². The zero-order chi connectivity index (χ0) is 25.4. The molecule has 3 fully saturated rings. The van der Waals surface area contributed by atoms with Crippen LogP contribution in [0, 0.1) is 11.8 Å². The molecule has 202 valence electrons. The van der Waals surface area contributed by atoms with E-state index in [1.54, 1.807) is 0 Å². The Balaban J connectivity index is 1.40. The lowest BCUT2D eigenvalue weighted by molar-refractivity contribution is -0.123. The minimum absolute atomic E-state index is 0.118. The van der Waals surface area contributed by atoms with E-state index < -0.39 is 0 Å². The van der Waals surface area contributed by atoms with E-state index in [2.05, 4.69) is 54.3 Å². The van der Waals surface area contributed by atoms with E-state index in [4.69, 9.17) is 4.74 Å². The number of hydrogen-bond acceptors (Lipinski definition) is 6. The molecule has 8 heteroatoms. The predicted octanol–water partition coefficient (Wildman–Crippen LogP) is 2.08. The summed E-state index contributed by atoms with van der Waals surface area (Å²) >= 11 is 0. The van der Waals surface area contributed by atoms with Crippen molar-refractivity contribution in [1.29, 1.82) is 0 Å². The van der Waals surface area contributed by atoms with Crippen molar-refractivity contribution in [2.75, 3.05) is 20.2 Å². The zero-order valence-corrected chi connectivity index (χ0v) is 22.7. The largest absolute Gasteiger partial charge is 0.381 e. The molecule has 3 aliphatic rings. The number of nitrogens with one attached hydrogen (secondary N) is 5. The summed E-state index contributed by atoms with van der Waals surface area (Å²) in [7, 11) is 1.84. The second-order valence-electron chi connectivity index (χ2n) is 11.7. The lowest BCUT2D eigenvalue weighted by Crippen LogP contribution is -2.46. The van der Waals surface area contributed by atoms with Gasteiger partial charge in [-0.2, -0.15) is 0 Å². The van der Waals surface area contributed by atoms with E-state index in [0.29, 0.717) is 48.7 Å². The molecule has 0 spiro atoms. The lowest BCUT2D eigenvalue weighted by atomic mass is 9.79. The lowest BCUT2D eigenvalue weighted by Gasteiger charge is -2.38. The molecule has 2 amide bonds. The van der Waals surface area contributed by atoms with E-state index >= 15 is 0 Å². The van der Waals surface area contributed by atoms with E-state index in [1.165, 1.54) is 0 Å². The van der Waals surface area contributed by atoms with Gasteiger partial charge < -0.3 is 31.3 Å². The third-order valence-corrected chi connectivity index (χ3v) is 8.16. The van der Waals surface area contributed by atoms with Gasteiger partial charge in [0, 0.05) is 62.2 Å². The van der Waals surface area contributed by atoms with Crippen molar-refractivity contribution in [2.45, 2.75) is 128 Å². The van der Waals surface area contributed by atoms with Crippen LogP contribution in [0.15, 0.2) is 0 Å². The molecule has 2 aliphatic heterocycles. The SMILES string of the molecule is CO[C@H]1CC[C@H](NC(C)CC2CC(CCNC(C)C)NC2=O)CC1CC(C)NC[C@H]1CCC(=O)N1. The molecule has 0 bridgehead atoms. The van der Waals surface area contributed by atoms with Crippen molar-refractivity contribution in [3.8, 4) is 0 Å². The molecular formula is C27H51N5O3. The number of rotatable bonds is 14. The number of methoxy groups -OCH3 is 1. The molecule has 1 saturated carbocycles. The molecular weight excluding hydrogens is 442 g/mol. The minimum Gasteiger partial charge on any atom is -0.381 e. The monoisotopic (exact) mass is 493 g/mol. The average Bonchev–Trinajstić information content (AvgIpc) is 3.37. The Hall–Kier alpha value is -1.22. The highest BCUT2D eigenvalue weighted by atomic mass is 16.5. The van der Waals surface area contributed by atoms with Crippen molar-refractivity contribution in [1.82, 2.24) is 26.6 Å². The van der Waals surface area contributed by atoms with Crippen molar-refractivity contribution >= 4 is 11.8 Å². The molecule has 3 rings (SSSR count). The van der Waals surface area contributed by atoms with E-state index in [0.717, 1.165) is 64.5 Å². The Morgan fingerprint density at radius 2 is 1.74 bits per heavy atom. The van der Waals surface area contributed by atoms with Crippen molar-refractivity contribution in [3.05, 3.63) is 0 Å². The normalized spacial score (nSPS) is 33.1. The summed E-state index contributed by atoms with van der Waals surface area (Å²) in [5, 5.41) is 17.2. The van der Waals surface area contributed by atoms with Crippen LogP contribution in [0.2, 0.25) is 0 Å². The van der Waals surface area contributed by atoms with Gasteiger partial charge in [0.25, 0.3) is 0 Å². The van der Waals surface area contributed by atoms with Gasteiger partial charge in [-0.1, -0.05) is 13.8 Å². The smallest absolute Gasteiger partial charge is 0.223 e. The van der Waals surface area contributed by atoms with E-state index in [1.807, 2.05) is 7.11 Å². The average molecular weight is 494 g/mol. The molecule has 0 aromatic carbocycles. The van der Waals surface area contributed by atoms with Crippen LogP contribution < -0.4 is 26.6 Å². The van der Waals surface area contributed by atoms with Crippen LogP contribution in [0.5, 0.6) is 0 Å². The number of carbonyl (C=O) groups is 2. The first-order valence-electron chi connectivity index (χ1n) is 14.1. The van der Waals surface area contributed by atoms with Crippen LogP contribution in [-0.2, 0) is 14.3 Å². The van der Waals surface area contributed by atoms with Gasteiger partial charge in [0.2, 0.25) is 11.8 Å². The zero-order valence-electron chi connectivity index (χ0n) is 22.7. The van der Waals surface area contributed by atoms with Gasteiger partial charge in [-0.3, -0.25) is 9.59 Å². The second-order valence-corrected chi connectivity index (χ2v) is 11.7. The summed E-state index contributed by atoms with van der Waals surface area (Å²) in [5.74, 6) is 1.03. The molecule has 2 saturated heterocycles. The molecule has 35 heavy (non-hydrogen) atoms. The maximum absolute atomic E-state index is 12.5. The van der Waals surface area contributed by atoms with Crippen LogP contribution in [0.3, 0.4) is 0 Å². The predicted molar refractivity (Wildman–Crippen MR) is 140 cm³/mol. The molecule has 8 atom stereocenters.